The number of hydrogen-bond donors (Lipinski definition) is 0. The van der Waals surface area contributed by atoms with Gasteiger partial charge >= 0.3 is 0 Å². The minimum absolute atomic E-state index is 0.579. The fraction of sp³-hybridized carbons (Fsp3) is 0.0714. The van der Waals surface area contributed by atoms with Crippen LogP contribution in [0, 0.1) is 13.8 Å². The maximum Gasteiger partial charge on any atom is 0.230 e. The van der Waals surface area contributed by atoms with E-state index in [0.29, 0.717) is 5.55 Å². The van der Waals surface area contributed by atoms with E-state index in [4.69, 9.17) is 14.4 Å². The van der Waals surface area contributed by atoms with Gasteiger partial charge in [-0.1, -0.05) is 48.5 Å². The summed E-state index contributed by atoms with van der Waals surface area (Å²) in [5.41, 5.74) is 6.62. The lowest BCUT2D eigenvalue weighted by Gasteiger charge is -2.07. The zero-order valence-corrected chi connectivity index (χ0v) is 18.6. The summed E-state index contributed by atoms with van der Waals surface area (Å²) in [6, 6.07) is 29.1. The number of nitrogens with zero attached hydrogens (tertiary/aromatic N) is 2. The van der Waals surface area contributed by atoms with E-state index in [2.05, 4.69) is 68.4 Å². The first-order valence-electron chi connectivity index (χ1n) is 10.6. The van der Waals surface area contributed by atoms with Crippen molar-refractivity contribution in [3.63, 3.8) is 0 Å². The average Bonchev–Trinajstić information content (AvgIpc) is 3.25. The van der Waals surface area contributed by atoms with Gasteiger partial charge in [0.15, 0.2) is 0 Å². The molecule has 154 valence electrons. The Bertz CT molecular complexity index is 1680. The van der Waals surface area contributed by atoms with Crippen LogP contribution in [0.1, 0.15) is 11.1 Å². The van der Waals surface area contributed by atoms with E-state index in [-0.39, 0.29) is 0 Å². The van der Waals surface area contributed by atoms with E-state index in [9.17, 15) is 0 Å². The minimum Gasteiger partial charge on any atom is -0.438 e. The highest BCUT2D eigenvalue weighted by atomic mass is 32.1. The summed E-state index contributed by atoms with van der Waals surface area (Å²) >= 11 is 1.66. The van der Waals surface area contributed by atoms with Gasteiger partial charge in [-0.15, -0.1) is 11.3 Å². The van der Waals surface area contributed by atoms with E-state index in [1.807, 2.05) is 30.3 Å². The standard InChI is InChI=1S/C28H20N2OS/c1-17-11-13-20(15-18(17)2)29-27-23(28-30-24-9-5-6-10-26(24)32-28)16-22-21-8-4-3-7-19(21)12-14-25(22)31-27/h3-16H,1-2H3. The van der Waals surface area contributed by atoms with Gasteiger partial charge in [-0.25, -0.2) is 9.98 Å². The third kappa shape index (κ3) is 3.20. The first-order valence-corrected chi connectivity index (χ1v) is 11.4. The molecule has 0 saturated heterocycles. The first-order chi connectivity index (χ1) is 15.7. The summed E-state index contributed by atoms with van der Waals surface area (Å²) in [7, 11) is 0. The van der Waals surface area contributed by atoms with Crippen LogP contribution in [0.5, 0.6) is 0 Å². The Morgan fingerprint density at radius 3 is 2.50 bits per heavy atom. The number of thiazole rings is 1. The lowest BCUT2D eigenvalue weighted by molar-refractivity contribution is 0.548. The largest absolute Gasteiger partial charge is 0.438 e. The Balaban J connectivity index is 1.69. The molecule has 0 radical (unpaired) electrons. The zero-order valence-electron chi connectivity index (χ0n) is 17.8. The molecule has 0 amide bonds. The van der Waals surface area contributed by atoms with E-state index in [0.717, 1.165) is 42.8 Å². The van der Waals surface area contributed by atoms with Crippen molar-refractivity contribution < 1.29 is 4.42 Å². The van der Waals surface area contributed by atoms with Crippen molar-refractivity contribution >= 4 is 49.0 Å². The SMILES string of the molecule is Cc1ccc(N=c2oc3ccc4ccccc4c3cc2-c2nc3ccccc3s2)cc1C. The second-order valence-corrected chi connectivity index (χ2v) is 9.06. The number of aryl methyl sites for hydroxylation is 2. The van der Waals surface area contributed by atoms with Crippen molar-refractivity contribution in [2.45, 2.75) is 13.8 Å². The van der Waals surface area contributed by atoms with Gasteiger partial charge in [-0.05, 0) is 72.1 Å². The normalized spacial score (nSPS) is 12.2. The molecule has 6 aromatic rings. The van der Waals surface area contributed by atoms with Gasteiger partial charge in [0, 0.05) is 5.39 Å². The molecule has 0 N–H and O–H groups in total. The summed E-state index contributed by atoms with van der Waals surface area (Å²) < 4.78 is 7.58. The molecule has 6 rings (SSSR count). The molecule has 0 aliphatic carbocycles. The topological polar surface area (TPSA) is 38.4 Å². The lowest BCUT2D eigenvalue weighted by Crippen LogP contribution is -2.05. The molecule has 0 spiro atoms. The van der Waals surface area contributed by atoms with E-state index < -0.39 is 0 Å². The van der Waals surface area contributed by atoms with Crippen LogP contribution in [-0.4, -0.2) is 4.98 Å². The van der Waals surface area contributed by atoms with Crippen molar-refractivity contribution in [3.8, 4) is 10.6 Å². The minimum atomic E-state index is 0.579. The second kappa shape index (κ2) is 7.43. The van der Waals surface area contributed by atoms with Gasteiger partial charge in [-0.3, -0.25) is 0 Å². The predicted molar refractivity (Wildman–Crippen MR) is 133 cm³/mol. The van der Waals surface area contributed by atoms with Gasteiger partial charge in [0.1, 0.15) is 10.6 Å². The van der Waals surface area contributed by atoms with Crippen LogP contribution in [0.4, 0.5) is 5.69 Å². The average molecular weight is 433 g/mol. The molecule has 2 aromatic heterocycles. The van der Waals surface area contributed by atoms with Gasteiger partial charge in [-0.2, -0.15) is 0 Å². The van der Waals surface area contributed by atoms with Crippen LogP contribution in [0.2, 0.25) is 0 Å². The second-order valence-electron chi connectivity index (χ2n) is 8.03. The summed E-state index contributed by atoms with van der Waals surface area (Å²) in [4.78, 5) is 9.82. The van der Waals surface area contributed by atoms with Crippen molar-refractivity contribution in [1.29, 1.82) is 0 Å². The maximum absolute atomic E-state index is 6.43. The Morgan fingerprint density at radius 2 is 1.62 bits per heavy atom. The highest BCUT2D eigenvalue weighted by molar-refractivity contribution is 7.21. The van der Waals surface area contributed by atoms with E-state index in [1.54, 1.807) is 11.3 Å². The predicted octanol–water partition coefficient (Wildman–Crippen LogP) is 7.71. The number of aromatic nitrogens is 1. The zero-order chi connectivity index (χ0) is 21.7. The molecule has 0 aliphatic rings. The summed E-state index contributed by atoms with van der Waals surface area (Å²) in [6.45, 7) is 4.21. The summed E-state index contributed by atoms with van der Waals surface area (Å²) in [6.07, 6.45) is 0. The van der Waals surface area contributed by atoms with E-state index in [1.165, 1.54) is 16.5 Å². The van der Waals surface area contributed by atoms with Crippen LogP contribution < -0.4 is 5.55 Å². The highest BCUT2D eigenvalue weighted by Crippen LogP contribution is 2.32. The molecule has 0 aliphatic heterocycles. The number of fused-ring (bicyclic) bond motifs is 4. The van der Waals surface area contributed by atoms with Crippen LogP contribution in [0.15, 0.2) is 94.3 Å². The van der Waals surface area contributed by atoms with Gasteiger partial charge in [0.2, 0.25) is 5.55 Å². The lowest BCUT2D eigenvalue weighted by atomic mass is 10.0. The molecular weight excluding hydrogens is 412 g/mol. The fourth-order valence-corrected chi connectivity index (χ4v) is 4.99. The van der Waals surface area contributed by atoms with Gasteiger partial charge in [0.25, 0.3) is 0 Å². The van der Waals surface area contributed by atoms with E-state index >= 15 is 0 Å². The van der Waals surface area contributed by atoms with Crippen LogP contribution in [0.25, 0.3) is 42.5 Å². The summed E-state index contributed by atoms with van der Waals surface area (Å²) in [5, 5.41) is 4.32. The van der Waals surface area contributed by atoms with Crippen molar-refractivity contribution in [3.05, 3.63) is 102 Å². The molecule has 4 heteroatoms. The molecule has 2 heterocycles. The third-order valence-electron chi connectivity index (χ3n) is 5.90. The highest BCUT2D eigenvalue weighted by Gasteiger charge is 2.13. The van der Waals surface area contributed by atoms with Crippen LogP contribution in [0.3, 0.4) is 0 Å². The number of rotatable bonds is 2. The monoisotopic (exact) mass is 432 g/mol. The molecule has 0 atom stereocenters. The van der Waals surface area contributed by atoms with Crippen LogP contribution in [-0.2, 0) is 0 Å². The molecule has 0 fully saturated rings. The fourth-order valence-electron chi connectivity index (χ4n) is 4.01. The van der Waals surface area contributed by atoms with Gasteiger partial charge in [0.05, 0.1) is 21.5 Å². The Labute approximate surface area is 189 Å². The number of benzene rings is 4. The molecular formula is C28H20N2OS. The smallest absolute Gasteiger partial charge is 0.230 e. The Morgan fingerprint density at radius 1 is 0.781 bits per heavy atom. The van der Waals surface area contributed by atoms with Crippen molar-refractivity contribution in [2.75, 3.05) is 0 Å². The van der Waals surface area contributed by atoms with Crippen molar-refractivity contribution in [2.24, 2.45) is 4.99 Å². The van der Waals surface area contributed by atoms with Crippen LogP contribution >= 0.6 is 11.3 Å². The molecule has 0 saturated carbocycles. The number of para-hydroxylation sites is 1. The molecule has 0 unspecified atom stereocenters. The number of hydrogen-bond acceptors (Lipinski definition) is 4. The molecule has 3 nitrogen and oxygen atoms in total. The molecule has 32 heavy (non-hydrogen) atoms. The first kappa shape index (κ1) is 19.0. The van der Waals surface area contributed by atoms with Gasteiger partial charge < -0.3 is 4.42 Å². The molecule has 0 bridgehead atoms. The third-order valence-corrected chi connectivity index (χ3v) is 6.97. The molecule has 4 aromatic carbocycles. The maximum atomic E-state index is 6.43. The summed E-state index contributed by atoms with van der Waals surface area (Å²) in [5.74, 6) is 0. The Kier molecular flexibility index (Phi) is 4.40. The van der Waals surface area contributed by atoms with Crippen molar-refractivity contribution in [1.82, 2.24) is 4.98 Å². The quantitative estimate of drug-likeness (QED) is 0.263. The Hall–Kier alpha value is -3.76.